The van der Waals surface area contributed by atoms with Crippen LogP contribution in [0.25, 0.3) is 11.5 Å². The fourth-order valence-corrected chi connectivity index (χ4v) is 2.96. The molecule has 7 heteroatoms. The summed E-state index contributed by atoms with van der Waals surface area (Å²) in [6, 6.07) is 9.66. The molecule has 3 aromatic heterocycles. The van der Waals surface area contributed by atoms with Crippen molar-refractivity contribution in [3.63, 3.8) is 0 Å². The predicted octanol–water partition coefficient (Wildman–Crippen LogP) is 2.41. The lowest BCUT2D eigenvalue weighted by Gasteiger charge is -2.35. The minimum Gasteiger partial charge on any atom is -0.384 e. The highest BCUT2D eigenvalue weighted by atomic mass is 15.3. The largest absolute Gasteiger partial charge is 0.384 e. The van der Waals surface area contributed by atoms with Crippen LogP contribution in [0.3, 0.4) is 0 Å². The number of likely N-dealkylation sites (N-methyl/N-ethyl adjacent to an activating group) is 1. The van der Waals surface area contributed by atoms with E-state index in [0.717, 1.165) is 41.7 Å². The highest BCUT2D eigenvalue weighted by Gasteiger charge is 2.24. The maximum atomic E-state index is 5.86. The van der Waals surface area contributed by atoms with Crippen molar-refractivity contribution in [3.8, 4) is 11.5 Å². The summed E-state index contributed by atoms with van der Waals surface area (Å²) in [7, 11) is 2.05. The van der Waals surface area contributed by atoms with Gasteiger partial charge in [-0.15, -0.1) is 0 Å². The summed E-state index contributed by atoms with van der Waals surface area (Å²) in [5, 5.41) is 0. The number of aryl methyl sites for hydroxylation is 1. The zero-order valence-corrected chi connectivity index (χ0v) is 14.2. The summed E-state index contributed by atoms with van der Waals surface area (Å²) in [5.41, 5.74) is 9.53. The molecule has 3 aromatic rings. The molecule has 7 nitrogen and oxygen atoms in total. The maximum Gasteiger partial charge on any atom is 0.180 e. The van der Waals surface area contributed by atoms with Gasteiger partial charge in [0.15, 0.2) is 11.6 Å². The van der Waals surface area contributed by atoms with E-state index >= 15 is 0 Å². The smallest absolute Gasteiger partial charge is 0.180 e. The molecule has 0 atom stereocenters. The van der Waals surface area contributed by atoms with Crippen LogP contribution in [-0.2, 0) is 0 Å². The van der Waals surface area contributed by atoms with E-state index in [2.05, 4.69) is 24.8 Å². The topological polar surface area (TPSA) is 84.1 Å². The lowest BCUT2D eigenvalue weighted by atomic mass is 10.2. The lowest BCUT2D eigenvalue weighted by molar-refractivity contribution is 0.801. The van der Waals surface area contributed by atoms with Gasteiger partial charge in [-0.1, -0.05) is 6.07 Å². The van der Waals surface area contributed by atoms with E-state index in [0.29, 0.717) is 11.6 Å². The molecule has 25 heavy (non-hydrogen) atoms. The molecule has 126 valence electrons. The Labute approximate surface area is 146 Å². The van der Waals surface area contributed by atoms with Gasteiger partial charge in [-0.25, -0.2) is 19.9 Å². The minimum atomic E-state index is 0.493. The molecular weight excluding hydrogens is 314 g/mol. The SMILES string of the molecule is Cc1cccc(-c2ncc3c(n2)N(c2ccnc(N)c2)CCN3C)n1. The number of anilines is 4. The molecule has 0 unspecified atom stereocenters. The standard InChI is InChI=1S/C18H19N7/c1-12-4-3-5-14(22-12)17-21-11-15-18(23-17)25(9-8-24(15)2)13-6-7-20-16(19)10-13/h3-7,10-11H,8-9H2,1-2H3,(H2,19,20). The third-order valence-electron chi connectivity index (χ3n) is 4.27. The van der Waals surface area contributed by atoms with Crippen LogP contribution >= 0.6 is 0 Å². The molecule has 2 N–H and O–H groups in total. The molecule has 0 radical (unpaired) electrons. The molecule has 1 aliphatic heterocycles. The van der Waals surface area contributed by atoms with Crippen molar-refractivity contribution in [2.75, 3.05) is 35.7 Å². The summed E-state index contributed by atoms with van der Waals surface area (Å²) in [5.74, 6) is 1.96. The van der Waals surface area contributed by atoms with E-state index in [-0.39, 0.29) is 0 Å². The quantitative estimate of drug-likeness (QED) is 0.771. The average Bonchev–Trinajstić information content (AvgIpc) is 2.62. The van der Waals surface area contributed by atoms with Crippen LogP contribution in [-0.4, -0.2) is 40.1 Å². The number of nitrogen functional groups attached to an aromatic ring is 1. The van der Waals surface area contributed by atoms with Crippen LogP contribution in [0.15, 0.2) is 42.7 Å². The Morgan fingerprint density at radius 3 is 2.76 bits per heavy atom. The highest BCUT2D eigenvalue weighted by molar-refractivity contribution is 5.77. The fraction of sp³-hybridized carbons (Fsp3) is 0.222. The molecule has 1 aliphatic rings. The summed E-state index contributed by atoms with van der Waals surface area (Å²) in [6.45, 7) is 3.65. The van der Waals surface area contributed by atoms with Gasteiger partial charge in [0.05, 0.1) is 11.9 Å². The molecule has 0 spiro atoms. The van der Waals surface area contributed by atoms with Gasteiger partial charge < -0.3 is 15.5 Å². The van der Waals surface area contributed by atoms with Crippen molar-refractivity contribution in [2.45, 2.75) is 6.92 Å². The van der Waals surface area contributed by atoms with Crippen molar-refractivity contribution in [1.29, 1.82) is 0 Å². The van der Waals surface area contributed by atoms with Gasteiger partial charge in [0.25, 0.3) is 0 Å². The molecular formula is C18H19N7. The maximum absolute atomic E-state index is 5.86. The molecule has 0 bridgehead atoms. The molecule has 0 aliphatic carbocycles. The predicted molar refractivity (Wildman–Crippen MR) is 98.9 cm³/mol. The fourth-order valence-electron chi connectivity index (χ4n) is 2.96. The third-order valence-corrected chi connectivity index (χ3v) is 4.27. The number of aromatic nitrogens is 4. The Morgan fingerprint density at radius 2 is 1.96 bits per heavy atom. The summed E-state index contributed by atoms with van der Waals surface area (Å²) >= 11 is 0. The molecule has 0 fully saturated rings. The Kier molecular flexibility index (Phi) is 3.68. The number of hydrogen-bond acceptors (Lipinski definition) is 7. The molecule has 0 amide bonds. The van der Waals surface area contributed by atoms with Crippen molar-refractivity contribution in [3.05, 3.63) is 48.4 Å². The third kappa shape index (κ3) is 2.84. The number of fused-ring (bicyclic) bond motifs is 1. The van der Waals surface area contributed by atoms with Crippen LogP contribution in [0, 0.1) is 6.92 Å². The van der Waals surface area contributed by atoms with Crippen molar-refractivity contribution >= 4 is 23.0 Å². The molecule has 0 saturated carbocycles. The zero-order chi connectivity index (χ0) is 17.4. The molecule has 0 saturated heterocycles. The van der Waals surface area contributed by atoms with Crippen LogP contribution < -0.4 is 15.5 Å². The Hall–Kier alpha value is -3.22. The number of hydrogen-bond donors (Lipinski definition) is 1. The number of rotatable bonds is 2. The first-order chi connectivity index (χ1) is 12.1. The van der Waals surface area contributed by atoms with Crippen molar-refractivity contribution in [1.82, 2.24) is 19.9 Å². The highest BCUT2D eigenvalue weighted by Crippen LogP contribution is 2.36. The average molecular weight is 333 g/mol. The van der Waals surface area contributed by atoms with Crippen LogP contribution in [0.2, 0.25) is 0 Å². The number of pyridine rings is 2. The summed E-state index contributed by atoms with van der Waals surface area (Å²) < 4.78 is 0. The first kappa shape index (κ1) is 15.3. The van der Waals surface area contributed by atoms with Gasteiger partial charge in [0.1, 0.15) is 11.5 Å². The number of nitrogens with zero attached hydrogens (tertiary/aromatic N) is 6. The summed E-state index contributed by atoms with van der Waals surface area (Å²) in [4.78, 5) is 22.3. The van der Waals surface area contributed by atoms with Crippen molar-refractivity contribution < 1.29 is 0 Å². The second-order valence-corrected chi connectivity index (χ2v) is 6.08. The minimum absolute atomic E-state index is 0.493. The van der Waals surface area contributed by atoms with E-state index in [1.54, 1.807) is 6.20 Å². The van der Waals surface area contributed by atoms with Gasteiger partial charge in [-0.2, -0.15) is 0 Å². The molecule has 4 rings (SSSR count). The zero-order valence-electron chi connectivity index (χ0n) is 14.2. The molecule has 0 aromatic carbocycles. The van der Waals surface area contributed by atoms with E-state index in [9.17, 15) is 0 Å². The Morgan fingerprint density at radius 1 is 1.08 bits per heavy atom. The van der Waals surface area contributed by atoms with Gasteiger partial charge in [0.2, 0.25) is 0 Å². The Balaban J connectivity index is 1.83. The first-order valence-corrected chi connectivity index (χ1v) is 8.13. The van der Waals surface area contributed by atoms with E-state index in [1.165, 1.54) is 0 Å². The van der Waals surface area contributed by atoms with Crippen LogP contribution in [0.1, 0.15) is 5.69 Å². The summed E-state index contributed by atoms with van der Waals surface area (Å²) in [6.07, 6.45) is 3.57. The monoisotopic (exact) mass is 333 g/mol. The Bertz CT molecular complexity index is 925. The number of nitrogens with two attached hydrogens (primary N) is 1. The normalized spacial score (nSPS) is 13.7. The van der Waals surface area contributed by atoms with Crippen LogP contribution in [0.4, 0.5) is 23.0 Å². The van der Waals surface area contributed by atoms with E-state index in [4.69, 9.17) is 10.7 Å². The molecule has 4 heterocycles. The van der Waals surface area contributed by atoms with Crippen LogP contribution in [0.5, 0.6) is 0 Å². The van der Waals surface area contributed by atoms with Crippen molar-refractivity contribution in [2.24, 2.45) is 0 Å². The first-order valence-electron chi connectivity index (χ1n) is 8.13. The van der Waals surface area contributed by atoms with Gasteiger partial charge in [0, 0.05) is 43.8 Å². The van der Waals surface area contributed by atoms with Gasteiger partial charge in [-0.05, 0) is 25.1 Å². The second kappa shape index (κ2) is 6.01. The second-order valence-electron chi connectivity index (χ2n) is 6.08. The van der Waals surface area contributed by atoms with E-state index < -0.39 is 0 Å². The van der Waals surface area contributed by atoms with E-state index in [1.807, 2.05) is 50.5 Å². The van der Waals surface area contributed by atoms with Gasteiger partial charge >= 0.3 is 0 Å². The lowest BCUT2D eigenvalue weighted by Crippen LogP contribution is -2.37. The van der Waals surface area contributed by atoms with Gasteiger partial charge in [-0.3, -0.25) is 0 Å².